The Morgan fingerprint density at radius 3 is 2.59 bits per heavy atom. The average molecular weight is 533 g/mol. The van der Waals surface area contributed by atoms with Crippen molar-refractivity contribution >= 4 is 22.9 Å². The first-order valence-corrected chi connectivity index (χ1v) is 13.8. The smallest absolute Gasteiger partial charge is 0.246 e. The minimum Gasteiger partial charge on any atom is -0.497 e. The van der Waals surface area contributed by atoms with Gasteiger partial charge in [0.1, 0.15) is 5.75 Å². The van der Waals surface area contributed by atoms with Crippen LogP contribution in [0.25, 0.3) is 17.0 Å². The molecule has 0 aliphatic carbocycles. The maximum absolute atomic E-state index is 13.1. The normalized spacial score (nSPS) is 15.7. The van der Waals surface area contributed by atoms with E-state index in [0.717, 1.165) is 86.9 Å². The molecule has 5 rings (SSSR count). The summed E-state index contributed by atoms with van der Waals surface area (Å²) in [6.07, 6.45) is 5.75. The number of piperazine rings is 1. The van der Waals surface area contributed by atoms with Crippen molar-refractivity contribution in [3.05, 3.63) is 59.3 Å². The highest BCUT2D eigenvalue weighted by Crippen LogP contribution is 2.33. The van der Waals surface area contributed by atoms with Crippen LogP contribution in [0.4, 0.5) is 0 Å². The molecule has 0 bridgehead atoms. The summed E-state index contributed by atoms with van der Waals surface area (Å²) in [6.45, 7) is 8.61. The van der Waals surface area contributed by atoms with E-state index in [9.17, 15) is 4.79 Å². The van der Waals surface area contributed by atoms with Crippen molar-refractivity contribution in [2.45, 2.75) is 26.3 Å². The van der Waals surface area contributed by atoms with E-state index in [1.165, 1.54) is 16.8 Å². The lowest BCUT2D eigenvalue weighted by molar-refractivity contribution is -0.127. The Balaban J connectivity index is 1.20. The van der Waals surface area contributed by atoms with Crippen LogP contribution in [-0.2, 0) is 17.8 Å². The number of ether oxygens (including phenoxy) is 3. The number of aryl methyl sites for hydroxylation is 1. The lowest BCUT2D eigenvalue weighted by atomic mass is 10.1. The van der Waals surface area contributed by atoms with E-state index in [0.29, 0.717) is 6.79 Å². The Labute approximate surface area is 231 Å². The number of rotatable bonds is 10. The SMILES string of the molecule is COc1ccc2c(c1)c(C=CC(=O)N1CCN(CCc3ccc4c(c3)OCO4)CC1)c(C)n2CCCN(C)C. The van der Waals surface area contributed by atoms with Gasteiger partial charge in [-0.1, -0.05) is 6.07 Å². The topological polar surface area (TPSA) is 59.4 Å². The zero-order chi connectivity index (χ0) is 27.4. The fourth-order valence-corrected chi connectivity index (χ4v) is 5.49. The second kappa shape index (κ2) is 12.1. The summed E-state index contributed by atoms with van der Waals surface area (Å²) < 4.78 is 18.8. The van der Waals surface area contributed by atoms with Gasteiger partial charge in [-0.25, -0.2) is 0 Å². The molecule has 208 valence electrons. The third-order valence-electron chi connectivity index (χ3n) is 7.80. The van der Waals surface area contributed by atoms with Crippen LogP contribution in [0.3, 0.4) is 0 Å². The molecule has 2 aliphatic rings. The minimum atomic E-state index is 0.0706. The molecule has 1 amide bonds. The molecular weight excluding hydrogens is 492 g/mol. The first-order valence-electron chi connectivity index (χ1n) is 13.8. The quantitative estimate of drug-likeness (QED) is 0.368. The molecule has 0 spiro atoms. The lowest BCUT2D eigenvalue weighted by Crippen LogP contribution is -2.48. The zero-order valence-corrected chi connectivity index (χ0v) is 23.6. The second-order valence-corrected chi connectivity index (χ2v) is 10.6. The van der Waals surface area contributed by atoms with Gasteiger partial charge in [0.05, 0.1) is 7.11 Å². The number of hydrogen-bond donors (Lipinski definition) is 0. The number of methoxy groups -OCH3 is 1. The standard InChI is InChI=1S/C31H40N4O4/c1-23-26(27-21-25(37-4)7-9-28(27)35(23)14-5-13-32(2)3)8-11-31(36)34-18-16-33(17-19-34)15-12-24-6-10-29-30(20-24)39-22-38-29/h6-11,20-21H,5,12-19,22H2,1-4H3. The predicted molar refractivity (Wildman–Crippen MR) is 155 cm³/mol. The summed E-state index contributed by atoms with van der Waals surface area (Å²) in [5.41, 5.74) is 4.68. The number of hydrogen-bond acceptors (Lipinski definition) is 6. The van der Waals surface area contributed by atoms with Crippen molar-refractivity contribution < 1.29 is 19.0 Å². The molecule has 0 unspecified atom stereocenters. The van der Waals surface area contributed by atoms with E-state index in [-0.39, 0.29) is 5.91 Å². The molecule has 1 saturated heterocycles. The Kier molecular flexibility index (Phi) is 8.43. The minimum absolute atomic E-state index is 0.0706. The third-order valence-corrected chi connectivity index (χ3v) is 7.80. The summed E-state index contributed by atoms with van der Waals surface area (Å²) in [7, 11) is 5.89. The van der Waals surface area contributed by atoms with Crippen molar-refractivity contribution in [3.8, 4) is 17.2 Å². The summed E-state index contributed by atoms with van der Waals surface area (Å²) in [5, 5.41) is 1.12. The molecular formula is C31H40N4O4. The number of benzene rings is 2. The van der Waals surface area contributed by atoms with Crippen LogP contribution in [0.1, 0.15) is 23.2 Å². The molecule has 8 heteroatoms. The summed E-state index contributed by atoms with van der Waals surface area (Å²) in [4.78, 5) is 19.7. The van der Waals surface area contributed by atoms with Gasteiger partial charge >= 0.3 is 0 Å². The molecule has 3 heterocycles. The van der Waals surface area contributed by atoms with Gasteiger partial charge in [-0.15, -0.1) is 0 Å². The number of nitrogens with zero attached hydrogens (tertiary/aromatic N) is 4. The van der Waals surface area contributed by atoms with Gasteiger partial charge in [0.15, 0.2) is 11.5 Å². The number of carbonyl (C=O) groups is 1. The molecule has 2 aromatic carbocycles. The largest absolute Gasteiger partial charge is 0.497 e. The van der Waals surface area contributed by atoms with Crippen LogP contribution in [0.5, 0.6) is 17.2 Å². The number of aromatic nitrogens is 1. The fourth-order valence-electron chi connectivity index (χ4n) is 5.49. The summed E-state index contributed by atoms with van der Waals surface area (Å²) >= 11 is 0. The van der Waals surface area contributed by atoms with Gasteiger partial charge in [-0.2, -0.15) is 0 Å². The fraction of sp³-hybridized carbons (Fsp3) is 0.452. The van der Waals surface area contributed by atoms with Crippen LogP contribution >= 0.6 is 0 Å². The van der Waals surface area contributed by atoms with Crippen molar-refractivity contribution in [1.82, 2.24) is 19.3 Å². The van der Waals surface area contributed by atoms with Gasteiger partial charge in [-0.3, -0.25) is 9.69 Å². The lowest BCUT2D eigenvalue weighted by Gasteiger charge is -2.34. The summed E-state index contributed by atoms with van der Waals surface area (Å²) in [5.74, 6) is 2.55. The molecule has 39 heavy (non-hydrogen) atoms. The highest BCUT2D eigenvalue weighted by molar-refractivity contribution is 5.98. The van der Waals surface area contributed by atoms with E-state index in [1.807, 2.05) is 23.1 Å². The van der Waals surface area contributed by atoms with Crippen LogP contribution < -0.4 is 14.2 Å². The zero-order valence-electron chi connectivity index (χ0n) is 23.6. The Morgan fingerprint density at radius 2 is 1.82 bits per heavy atom. The van der Waals surface area contributed by atoms with Gasteiger partial charge in [0.25, 0.3) is 0 Å². The molecule has 0 N–H and O–H groups in total. The maximum Gasteiger partial charge on any atom is 0.246 e. The van der Waals surface area contributed by atoms with Gasteiger partial charge in [-0.05, 0) is 82.4 Å². The van der Waals surface area contributed by atoms with Crippen LogP contribution in [0, 0.1) is 6.92 Å². The van der Waals surface area contributed by atoms with E-state index < -0.39 is 0 Å². The highest BCUT2D eigenvalue weighted by Gasteiger charge is 2.21. The molecule has 1 fully saturated rings. The Bertz CT molecular complexity index is 1340. The molecule has 0 atom stereocenters. The maximum atomic E-state index is 13.1. The van der Waals surface area contributed by atoms with Gasteiger partial charge in [0, 0.05) is 67.5 Å². The van der Waals surface area contributed by atoms with E-state index in [4.69, 9.17) is 14.2 Å². The molecule has 2 aliphatic heterocycles. The molecule has 1 aromatic heterocycles. The van der Waals surface area contributed by atoms with E-state index in [2.05, 4.69) is 59.7 Å². The van der Waals surface area contributed by atoms with Crippen molar-refractivity contribution in [2.24, 2.45) is 0 Å². The molecule has 3 aromatic rings. The van der Waals surface area contributed by atoms with Gasteiger partial charge < -0.3 is 28.6 Å². The number of amides is 1. The Morgan fingerprint density at radius 1 is 1.03 bits per heavy atom. The number of carbonyl (C=O) groups excluding carboxylic acids is 1. The third kappa shape index (κ3) is 6.23. The van der Waals surface area contributed by atoms with Gasteiger partial charge in [0.2, 0.25) is 12.7 Å². The van der Waals surface area contributed by atoms with E-state index in [1.54, 1.807) is 13.2 Å². The first-order chi connectivity index (χ1) is 18.9. The van der Waals surface area contributed by atoms with Crippen LogP contribution in [0.15, 0.2) is 42.5 Å². The van der Waals surface area contributed by atoms with Crippen molar-refractivity contribution in [3.63, 3.8) is 0 Å². The number of fused-ring (bicyclic) bond motifs is 2. The summed E-state index contributed by atoms with van der Waals surface area (Å²) in [6, 6.07) is 12.4. The van der Waals surface area contributed by atoms with Crippen LogP contribution in [0.2, 0.25) is 0 Å². The monoisotopic (exact) mass is 532 g/mol. The second-order valence-electron chi connectivity index (χ2n) is 10.6. The molecule has 0 radical (unpaired) electrons. The average Bonchev–Trinajstić information content (AvgIpc) is 3.52. The van der Waals surface area contributed by atoms with Crippen molar-refractivity contribution in [1.29, 1.82) is 0 Å². The molecule has 0 saturated carbocycles. The highest BCUT2D eigenvalue weighted by atomic mass is 16.7. The van der Waals surface area contributed by atoms with Crippen LogP contribution in [-0.4, -0.2) is 92.4 Å². The Hall–Kier alpha value is -3.49. The first kappa shape index (κ1) is 27.1. The predicted octanol–water partition coefficient (Wildman–Crippen LogP) is 4.04. The van der Waals surface area contributed by atoms with Crippen molar-refractivity contribution in [2.75, 3.05) is 67.3 Å². The van der Waals surface area contributed by atoms with E-state index >= 15 is 0 Å². The molecule has 8 nitrogen and oxygen atoms in total.